The fraction of sp³-hybridized carbons (Fsp3) is 0.455. The molecule has 16 heavy (non-hydrogen) atoms. The monoisotopic (exact) mass is 241 g/mol. The molecule has 0 spiro atoms. The van der Waals surface area contributed by atoms with Crippen molar-refractivity contribution < 1.29 is 13.2 Å². The number of ether oxygens (including phenoxy) is 1. The van der Waals surface area contributed by atoms with E-state index in [0.717, 1.165) is 0 Å². The zero-order valence-electron chi connectivity index (χ0n) is 8.87. The molecule has 0 radical (unpaired) electrons. The highest BCUT2D eigenvalue weighted by molar-refractivity contribution is 7.91. The molecule has 5 heteroatoms. The van der Waals surface area contributed by atoms with Crippen LogP contribution in [-0.4, -0.2) is 33.4 Å². The van der Waals surface area contributed by atoms with Gasteiger partial charge in [0, 0.05) is 12.0 Å². The summed E-state index contributed by atoms with van der Waals surface area (Å²) in [7, 11) is -3.24. The molecule has 2 N–H and O–H groups in total. The first-order valence-corrected chi connectivity index (χ1v) is 6.86. The number of nitrogens with two attached hydrogens (primary N) is 1. The van der Waals surface area contributed by atoms with Crippen LogP contribution in [0.3, 0.4) is 0 Å². The van der Waals surface area contributed by atoms with Gasteiger partial charge in [-0.05, 0) is 12.1 Å². The van der Waals surface area contributed by atoms with Gasteiger partial charge in [-0.15, -0.1) is 0 Å². The molecule has 0 aliphatic carbocycles. The Morgan fingerprint density at radius 2 is 1.94 bits per heavy atom. The van der Waals surface area contributed by atoms with Crippen LogP contribution >= 0.6 is 0 Å². The van der Waals surface area contributed by atoms with Crippen LogP contribution in [0.4, 0.5) is 0 Å². The van der Waals surface area contributed by atoms with Gasteiger partial charge in [-0.25, -0.2) is 8.42 Å². The smallest absolute Gasteiger partial charge is 0.178 e. The SMILES string of the molecule is N[C@H]1COCC1CS(=O)(=O)c1ccccc1. The van der Waals surface area contributed by atoms with Gasteiger partial charge in [-0.2, -0.15) is 0 Å². The van der Waals surface area contributed by atoms with E-state index >= 15 is 0 Å². The van der Waals surface area contributed by atoms with Gasteiger partial charge in [0.1, 0.15) is 0 Å². The van der Waals surface area contributed by atoms with Gasteiger partial charge in [0.15, 0.2) is 9.84 Å². The summed E-state index contributed by atoms with van der Waals surface area (Å²) in [6.45, 7) is 0.891. The van der Waals surface area contributed by atoms with Crippen LogP contribution in [0, 0.1) is 5.92 Å². The summed E-state index contributed by atoms with van der Waals surface area (Å²) in [6.07, 6.45) is 0. The zero-order chi connectivity index (χ0) is 11.6. The van der Waals surface area contributed by atoms with Crippen molar-refractivity contribution in [2.75, 3.05) is 19.0 Å². The van der Waals surface area contributed by atoms with E-state index in [-0.39, 0.29) is 17.7 Å². The predicted molar refractivity (Wildman–Crippen MR) is 60.8 cm³/mol. The summed E-state index contributed by atoms with van der Waals surface area (Å²) in [5, 5.41) is 0. The second-order valence-electron chi connectivity index (χ2n) is 4.06. The molecule has 2 rings (SSSR count). The molecule has 1 saturated heterocycles. The maximum absolute atomic E-state index is 12.0. The van der Waals surface area contributed by atoms with E-state index in [2.05, 4.69) is 0 Å². The van der Waals surface area contributed by atoms with Gasteiger partial charge in [0.25, 0.3) is 0 Å². The quantitative estimate of drug-likeness (QED) is 0.833. The molecule has 0 aromatic heterocycles. The third-order valence-electron chi connectivity index (χ3n) is 2.78. The first-order valence-electron chi connectivity index (χ1n) is 5.21. The van der Waals surface area contributed by atoms with Crippen molar-refractivity contribution in [3.63, 3.8) is 0 Å². The van der Waals surface area contributed by atoms with Gasteiger partial charge >= 0.3 is 0 Å². The van der Waals surface area contributed by atoms with Gasteiger partial charge in [0.05, 0.1) is 23.9 Å². The van der Waals surface area contributed by atoms with Gasteiger partial charge in [-0.1, -0.05) is 18.2 Å². The van der Waals surface area contributed by atoms with Crippen LogP contribution in [-0.2, 0) is 14.6 Å². The second kappa shape index (κ2) is 4.53. The highest BCUT2D eigenvalue weighted by atomic mass is 32.2. The number of rotatable bonds is 3. The maximum Gasteiger partial charge on any atom is 0.178 e. The molecule has 1 unspecified atom stereocenters. The maximum atomic E-state index is 12.0. The fourth-order valence-electron chi connectivity index (χ4n) is 1.79. The van der Waals surface area contributed by atoms with Crippen LogP contribution in [0.5, 0.6) is 0 Å². The molecular weight excluding hydrogens is 226 g/mol. The Hall–Kier alpha value is -0.910. The van der Waals surface area contributed by atoms with Crippen molar-refractivity contribution in [3.8, 4) is 0 Å². The fourth-order valence-corrected chi connectivity index (χ4v) is 3.46. The molecule has 1 fully saturated rings. The molecule has 1 aromatic rings. The third-order valence-corrected chi connectivity index (χ3v) is 4.64. The average molecular weight is 241 g/mol. The lowest BCUT2D eigenvalue weighted by Crippen LogP contribution is -2.33. The van der Waals surface area contributed by atoms with Crippen molar-refractivity contribution in [1.82, 2.24) is 0 Å². The standard InChI is InChI=1S/C11H15NO3S/c12-11-7-15-6-9(11)8-16(13,14)10-4-2-1-3-5-10/h1-5,9,11H,6-8,12H2/t9?,11-/m0/s1. The summed E-state index contributed by atoms with van der Waals surface area (Å²) in [6, 6.07) is 8.28. The van der Waals surface area contributed by atoms with Crippen molar-refractivity contribution >= 4 is 9.84 Å². The largest absolute Gasteiger partial charge is 0.379 e. The minimum atomic E-state index is -3.24. The van der Waals surface area contributed by atoms with Crippen molar-refractivity contribution in [1.29, 1.82) is 0 Å². The summed E-state index contributed by atoms with van der Waals surface area (Å²) in [5.41, 5.74) is 5.77. The van der Waals surface area contributed by atoms with Crippen LogP contribution in [0.15, 0.2) is 35.2 Å². The van der Waals surface area contributed by atoms with E-state index in [1.807, 2.05) is 0 Å². The topological polar surface area (TPSA) is 69.4 Å². The number of benzene rings is 1. The molecule has 2 atom stereocenters. The minimum Gasteiger partial charge on any atom is -0.379 e. The molecule has 0 amide bonds. The lowest BCUT2D eigenvalue weighted by atomic mass is 10.1. The summed E-state index contributed by atoms with van der Waals surface area (Å²) < 4.78 is 29.2. The molecule has 0 saturated carbocycles. The minimum absolute atomic E-state index is 0.0676. The molecule has 1 aromatic carbocycles. The summed E-state index contributed by atoms with van der Waals surface area (Å²) in [5.74, 6) is -0.0248. The van der Waals surface area contributed by atoms with Crippen LogP contribution < -0.4 is 5.73 Å². The first-order chi connectivity index (χ1) is 7.59. The Morgan fingerprint density at radius 3 is 2.50 bits per heavy atom. The van der Waals surface area contributed by atoms with Crippen LogP contribution in [0.25, 0.3) is 0 Å². The number of hydrogen-bond acceptors (Lipinski definition) is 4. The molecule has 4 nitrogen and oxygen atoms in total. The van der Waals surface area contributed by atoms with Crippen LogP contribution in [0.1, 0.15) is 0 Å². The van der Waals surface area contributed by atoms with E-state index in [9.17, 15) is 8.42 Å². The third kappa shape index (κ3) is 2.42. The number of hydrogen-bond donors (Lipinski definition) is 1. The van der Waals surface area contributed by atoms with E-state index in [4.69, 9.17) is 10.5 Å². The zero-order valence-corrected chi connectivity index (χ0v) is 9.69. The highest BCUT2D eigenvalue weighted by Crippen LogP contribution is 2.19. The van der Waals surface area contributed by atoms with Gasteiger partial charge in [-0.3, -0.25) is 0 Å². The van der Waals surface area contributed by atoms with Gasteiger partial charge in [0.2, 0.25) is 0 Å². The highest BCUT2D eigenvalue weighted by Gasteiger charge is 2.30. The first kappa shape index (κ1) is 11.6. The van der Waals surface area contributed by atoms with E-state index < -0.39 is 9.84 Å². The molecular formula is C11H15NO3S. The Labute approximate surface area is 95.3 Å². The molecule has 1 aliphatic heterocycles. The Morgan fingerprint density at radius 1 is 1.25 bits per heavy atom. The van der Waals surface area contributed by atoms with Crippen LogP contribution in [0.2, 0.25) is 0 Å². The number of sulfone groups is 1. The Balaban J connectivity index is 2.15. The molecule has 0 bridgehead atoms. The van der Waals surface area contributed by atoms with Crippen molar-refractivity contribution in [2.45, 2.75) is 10.9 Å². The van der Waals surface area contributed by atoms with E-state index in [1.165, 1.54) is 0 Å². The van der Waals surface area contributed by atoms with E-state index in [0.29, 0.717) is 18.1 Å². The predicted octanol–water partition coefficient (Wildman–Crippen LogP) is 0.434. The summed E-state index contributed by atoms with van der Waals surface area (Å²) >= 11 is 0. The lowest BCUT2D eigenvalue weighted by Gasteiger charge is -2.13. The molecule has 1 aliphatic rings. The van der Waals surface area contributed by atoms with E-state index in [1.54, 1.807) is 30.3 Å². The average Bonchev–Trinajstić information content (AvgIpc) is 2.65. The molecule has 88 valence electrons. The summed E-state index contributed by atoms with van der Waals surface area (Å²) in [4.78, 5) is 0.356. The lowest BCUT2D eigenvalue weighted by molar-refractivity contribution is 0.186. The second-order valence-corrected chi connectivity index (χ2v) is 6.09. The van der Waals surface area contributed by atoms with Gasteiger partial charge < -0.3 is 10.5 Å². The normalized spacial score (nSPS) is 25.8. The molecule has 1 heterocycles. The van der Waals surface area contributed by atoms with Crippen molar-refractivity contribution in [3.05, 3.63) is 30.3 Å². The Kier molecular flexibility index (Phi) is 3.28. The van der Waals surface area contributed by atoms with Crippen molar-refractivity contribution in [2.24, 2.45) is 11.7 Å². The Bertz CT molecular complexity index is 444.